The van der Waals surface area contributed by atoms with Gasteiger partial charge in [-0.3, -0.25) is 24.1 Å². The molecule has 7 heteroatoms. The van der Waals surface area contributed by atoms with Crippen molar-refractivity contribution in [2.24, 2.45) is 0 Å². The van der Waals surface area contributed by atoms with Crippen LogP contribution < -0.4 is 5.32 Å². The quantitative estimate of drug-likeness (QED) is 0.719. The fraction of sp³-hybridized carbons (Fsp3) is 0.238. The molecule has 0 aromatic heterocycles. The third kappa shape index (κ3) is 3.93. The molecule has 144 valence electrons. The maximum atomic E-state index is 12.5. The van der Waals surface area contributed by atoms with Crippen LogP contribution in [0.25, 0.3) is 0 Å². The summed E-state index contributed by atoms with van der Waals surface area (Å²) in [6.07, 6.45) is 1.13. The van der Waals surface area contributed by atoms with Crippen LogP contribution in [0, 0.1) is 0 Å². The SMILES string of the molecule is CCCN1C(=O)c2ccc(C(=O)Nc3ccc(CCC(=O)O)cc3)cc2C1=O. The Morgan fingerprint density at radius 1 is 1.00 bits per heavy atom. The number of carboxylic acid groups (broad SMARTS) is 1. The summed E-state index contributed by atoms with van der Waals surface area (Å²) < 4.78 is 0. The zero-order valence-corrected chi connectivity index (χ0v) is 15.4. The number of anilines is 1. The second-order valence-electron chi connectivity index (χ2n) is 6.57. The minimum atomic E-state index is -0.862. The molecule has 0 saturated carbocycles. The molecule has 0 unspecified atom stereocenters. The minimum Gasteiger partial charge on any atom is -0.481 e. The third-order valence-corrected chi connectivity index (χ3v) is 4.52. The number of aliphatic carboxylic acids is 1. The van der Waals surface area contributed by atoms with E-state index < -0.39 is 11.9 Å². The van der Waals surface area contributed by atoms with Crippen molar-refractivity contribution in [1.29, 1.82) is 0 Å². The average molecular weight is 380 g/mol. The van der Waals surface area contributed by atoms with Crippen molar-refractivity contribution >= 4 is 29.4 Å². The molecule has 0 fully saturated rings. The van der Waals surface area contributed by atoms with Crippen LogP contribution in [0.5, 0.6) is 0 Å². The number of benzene rings is 2. The van der Waals surface area contributed by atoms with Crippen molar-refractivity contribution in [3.05, 3.63) is 64.7 Å². The van der Waals surface area contributed by atoms with Gasteiger partial charge in [-0.2, -0.15) is 0 Å². The number of fused-ring (bicyclic) bond motifs is 1. The minimum absolute atomic E-state index is 0.0443. The van der Waals surface area contributed by atoms with Crippen LogP contribution in [0.2, 0.25) is 0 Å². The highest BCUT2D eigenvalue weighted by molar-refractivity contribution is 6.22. The van der Waals surface area contributed by atoms with Crippen LogP contribution in [0.3, 0.4) is 0 Å². The lowest BCUT2D eigenvalue weighted by Gasteiger charge is -2.11. The Kier molecular flexibility index (Phi) is 5.54. The molecule has 0 bridgehead atoms. The molecule has 1 aliphatic rings. The van der Waals surface area contributed by atoms with E-state index in [-0.39, 0.29) is 29.4 Å². The van der Waals surface area contributed by atoms with Crippen molar-refractivity contribution in [3.8, 4) is 0 Å². The molecule has 0 spiro atoms. The van der Waals surface area contributed by atoms with Crippen molar-refractivity contribution in [2.75, 3.05) is 11.9 Å². The van der Waals surface area contributed by atoms with E-state index in [1.165, 1.54) is 23.1 Å². The van der Waals surface area contributed by atoms with Gasteiger partial charge in [-0.05, 0) is 48.7 Å². The first-order valence-electron chi connectivity index (χ1n) is 9.03. The summed E-state index contributed by atoms with van der Waals surface area (Å²) in [5.41, 5.74) is 2.26. The number of carboxylic acids is 1. The van der Waals surface area contributed by atoms with Crippen LogP contribution >= 0.6 is 0 Å². The molecule has 28 heavy (non-hydrogen) atoms. The Hall–Kier alpha value is -3.48. The van der Waals surface area contributed by atoms with Crippen LogP contribution in [0.15, 0.2) is 42.5 Å². The highest BCUT2D eigenvalue weighted by Crippen LogP contribution is 2.24. The van der Waals surface area contributed by atoms with Crippen LogP contribution in [0.1, 0.15) is 56.4 Å². The topological polar surface area (TPSA) is 104 Å². The molecule has 2 N–H and O–H groups in total. The summed E-state index contributed by atoms with van der Waals surface area (Å²) in [5.74, 6) is -1.96. The van der Waals surface area contributed by atoms with Crippen molar-refractivity contribution in [1.82, 2.24) is 4.90 Å². The summed E-state index contributed by atoms with van der Waals surface area (Å²) in [4.78, 5) is 49.0. The second-order valence-corrected chi connectivity index (χ2v) is 6.57. The first-order valence-corrected chi connectivity index (χ1v) is 9.03. The van der Waals surface area contributed by atoms with E-state index in [1.807, 2.05) is 6.92 Å². The highest BCUT2D eigenvalue weighted by Gasteiger charge is 2.35. The smallest absolute Gasteiger partial charge is 0.303 e. The molecule has 2 aromatic carbocycles. The number of aryl methyl sites for hydroxylation is 1. The van der Waals surface area contributed by atoms with Crippen molar-refractivity contribution in [2.45, 2.75) is 26.2 Å². The maximum Gasteiger partial charge on any atom is 0.303 e. The van der Waals surface area contributed by atoms with Gasteiger partial charge in [0.25, 0.3) is 17.7 Å². The Labute approximate surface area is 162 Å². The van der Waals surface area contributed by atoms with E-state index in [2.05, 4.69) is 5.32 Å². The number of amides is 3. The van der Waals surface area contributed by atoms with Gasteiger partial charge in [0.1, 0.15) is 0 Å². The predicted molar refractivity (Wildman–Crippen MR) is 102 cm³/mol. The number of carbonyl (C=O) groups excluding carboxylic acids is 3. The lowest BCUT2D eigenvalue weighted by molar-refractivity contribution is -0.136. The second kappa shape index (κ2) is 8.04. The Morgan fingerprint density at radius 2 is 1.68 bits per heavy atom. The average Bonchev–Trinajstić information content (AvgIpc) is 2.92. The molecule has 7 nitrogen and oxygen atoms in total. The number of nitrogens with one attached hydrogen (secondary N) is 1. The van der Waals surface area contributed by atoms with Gasteiger partial charge in [-0.25, -0.2) is 0 Å². The molecule has 0 aliphatic carbocycles. The summed E-state index contributed by atoms with van der Waals surface area (Å²) in [6.45, 7) is 2.23. The van der Waals surface area contributed by atoms with E-state index in [0.717, 1.165) is 5.56 Å². The summed E-state index contributed by atoms with van der Waals surface area (Å²) in [7, 11) is 0. The highest BCUT2D eigenvalue weighted by atomic mass is 16.4. The molecular weight excluding hydrogens is 360 g/mol. The first-order chi connectivity index (χ1) is 13.4. The first kappa shape index (κ1) is 19.3. The molecular formula is C21H20N2O5. The van der Waals surface area contributed by atoms with E-state index in [0.29, 0.717) is 30.6 Å². The molecule has 1 heterocycles. The third-order valence-electron chi connectivity index (χ3n) is 4.52. The number of imide groups is 1. The monoisotopic (exact) mass is 380 g/mol. The summed E-state index contributed by atoms with van der Waals surface area (Å²) >= 11 is 0. The Bertz CT molecular complexity index is 950. The van der Waals surface area contributed by atoms with Crippen molar-refractivity contribution < 1.29 is 24.3 Å². The predicted octanol–water partition coefficient (Wildman–Crippen LogP) is 2.96. The Morgan fingerprint density at radius 3 is 2.32 bits per heavy atom. The zero-order chi connectivity index (χ0) is 20.3. The largest absolute Gasteiger partial charge is 0.481 e. The van der Waals surface area contributed by atoms with Crippen LogP contribution in [0.4, 0.5) is 5.69 Å². The fourth-order valence-corrected chi connectivity index (χ4v) is 3.07. The van der Waals surface area contributed by atoms with Gasteiger partial charge in [-0.15, -0.1) is 0 Å². The summed E-state index contributed by atoms with van der Waals surface area (Å²) in [5, 5.41) is 11.5. The lowest BCUT2D eigenvalue weighted by Crippen LogP contribution is -2.30. The zero-order valence-electron chi connectivity index (χ0n) is 15.4. The van der Waals surface area contributed by atoms with Gasteiger partial charge in [0, 0.05) is 24.2 Å². The van der Waals surface area contributed by atoms with Crippen LogP contribution in [-0.4, -0.2) is 40.2 Å². The number of hydrogen-bond acceptors (Lipinski definition) is 4. The van der Waals surface area contributed by atoms with Gasteiger partial charge in [0.2, 0.25) is 0 Å². The van der Waals surface area contributed by atoms with E-state index in [1.54, 1.807) is 24.3 Å². The number of carbonyl (C=O) groups is 4. The number of nitrogens with zero attached hydrogens (tertiary/aromatic N) is 1. The molecule has 0 radical (unpaired) electrons. The molecule has 3 rings (SSSR count). The van der Waals surface area contributed by atoms with Gasteiger partial charge >= 0.3 is 5.97 Å². The van der Waals surface area contributed by atoms with Gasteiger partial charge in [0.15, 0.2) is 0 Å². The molecule has 1 aliphatic heterocycles. The van der Waals surface area contributed by atoms with E-state index in [4.69, 9.17) is 5.11 Å². The normalized spacial score (nSPS) is 12.8. The van der Waals surface area contributed by atoms with Gasteiger partial charge < -0.3 is 10.4 Å². The number of rotatable bonds is 7. The standard InChI is InChI=1S/C21H20N2O5/c1-2-11-23-20(27)16-9-6-14(12-17(16)21(23)28)19(26)22-15-7-3-13(4-8-15)5-10-18(24)25/h3-4,6-9,12H,2,5,10-11H2,1H3,(H,22,26)(H,24,25). The van der Waals surface area contributed by atoms with Crippen LogP contribution in [-0.2, 0) is 11.2 Å². The molecule has 2 aromatic rings. The molecule has 0 saturated heterocycles. The molecule has 0 atom stereocenters. The lowest BCUT2D eigenvalue weighted by atomic mass is 10.0. The maximum absolute atomic E-state index is 12.5. The fourth-order valence-electron chi connectivity index (χ4n) is 3.07. The van der Waals surface area contributed by atoms with Gasteiger partial charge in [-0.1, -0.05) is 19.1 Å². The summed E-state index contributed by atoms with van der Waals surface area (Å²) in [6, 6.07) is 11.4. The number of hydrogen-bond donors (Lipinski definition) is 2. The Balaban J connectivity index is 1.72. The van der Waals surface area contributed by atoms with E-state index >= 15 is 0 Å². The van der Waals surface area contributed by atoms with Crippen molar-refractivity contribution in [3.63, 3.8) is 0 Å². The van der Waals surface area contributed by atoms with Gasteiger partial charge in [0.05, 0.1) is 11.1 Å². The molecule has 3 amide bonds. The van der Waals surface area contributed by atoms with E-state index in [9.17, 15) is 19.2 Å².